The van der Waals surface area contributed by atoms with Crippen LogP contribution in [0.15, 0.2) is 5.16 Å². The van der Waals surface area contributed by atoms with Crippen molar-refractivity contribution in [1.29, 1.82) is 0 Å². The van der Waals surface area contributed by atoms with Crippen molar-refractivity contribution in [2.75, 3.05) is 11.1 Å². The largest absolute Gasteiger partial charge is 0.391 e. The molecule has 2 rings (SSSR count). The van der Waals surface area contributed by atoms with Gasteiger partial charge in [0.05, 0.1) is 17.1 Å². The van der Waals surface area contributed by atoms with E-state index in [9.17, 15) is 15.2 Å². The zero-order chi connectivity index (χ0) is 15.4. The number of hydrogen-bond acceptors (Lipinski definition) is 7. The van der Waals surface area contributed by atoms with Gasteiger partial charge in [-0.1, -0.05) is 30.3 Å². The first-order chi connectivity index (χ1) is 10.0. The number of hydrogen-bond donors (Lipinski definition) is 2. The maximum Gasteiger partial charge on any atom is 0.348 e. The van der Waals surface area contributed by atoms with Crippen LogP contribution < -0.4 is 5.32 Å². The van der Waals surface area contributed by atoms with E-state index in [-0.39, 0.29) is 22.7 Å². The normalized spacial score (nSPS) is 21.5. The number of aromatic nitrogens is 2. The van der Waals surface area contributed by atoms with Crippen LogP contribution in [0.4, 0.5) is 11.5 Å². The molecule has 1 heterocycles. The van der Waals surface area contributed by atoms with E-state index in [1.807, 2.05) is 6.92 Å². The third-order valence-electron chi connectivity index (χ3n) is 3.24. The Kier molecular flexibility index (Phi) is 5.60. The molecule has 21 heavy (non-hydrogen) atoms. The van der Waals surface area contributed by atoms with Gasteiger partial charge in [0.2, 0.25) is 11.0 Å². The maximum atomic E-state index is 11.2. The van der Waals surface area contributed by atoms with Gasteiger partial charge in [0.15, 0.2) is 5.16 Å². The molecule has 0 aromatic carbocycles. The summed E-state index contributed by atoms with van der Waals surface area (Å²) in [6.07, 6.45) is 2.72. The summed E-state index contributed by atoms with van der Waals surface area (Å²) in [6.45, 7) is 2.02. The van der Waals surface area contributed by atoms with E-state index in [1.54, 1.807) is 0 Å². The van der Waals surface area contributed by atoms with Crippen molar-refractivity contribution < 1.29 is 10.0 Å². The van der Waals surface area contributed by atoms with E-state index >= 15 is 0 Å². The van der Waals surface area contributed by atoms with Crippen LogP contribution in [0.2, 0.25) is 5.15 Å². The summed E-state index contributed by atoms with van der Waals surface area (Å²) in [4.78, 5) is 18.7. The van der Waals surface area contributed by atoms with Crippen LogP contribution in [0.5, 0.6) is 0 Å². The minimum Gasteiger partial charge on any atom is -0.391 e. The Balaban J connectivity index is 2.30. The van der Waals surface area contributed by atoms with Gasteiger partial charge < -0.3 is 10.4 Å². The van der Waals surface area contributed by atoms with E-state index in [2.05, 4.69) is 15.3 Å². The molecule has 0 bridgehead atoms. The number of aliphatic hydroxyl groups excluding tert-OH is 1. The molecular formula is C12H17ClN4O3S. The van der Waals surface area contributed by atoms with Crippen molar-refractivity contribution in [2.24, 2.45) is 0 Å². The van der Waals surface area contributed by atoms with Gasteiger partial charge in [-0.05, 0) is 25.7 Å². The molecule has 9 heteroatoms. The predicted octanol–water partition coefficient (Wildman–Crippen LogP) is 2.87. The molecule has 7 nitrogen and oxygen atoms in total. The van der Waals surface area contributed by atoms with Gasteiger partial charge in [-0.25, -0.2) is 4.98 Å². The molecule has 0 radical (unpaired) electrons. The Morgan fingerprint density at radius 2 is 2.29 bits per heavy atom. The van der Waals surface area contributed by atoms with Gasteiger partial charge in [0, 0.05) is 5.75 Å². The fraction of sp³-hybridized carbons (Fsp3) is 0.667. The molecule has 0 spiro atoms. The van der Waals surface area contributed by atoms with Crippen molar-refractivity contribution >= 4 is 34.9 Å². The minimum absolute atomic E-state index is 0.0875. The van der Waals surface area contributed by atoms with Crippen LogP contribution in [0.3, 0.4) is 0 Å². The summed E-state index contributed by atoms with van der Waals surface area (Å²) < 4.78 is 0. The lowest BCUT2D eigenvalue weighted by Crippen LogP contribution is -2.29. The fourth-order valence-corrected chi connectivity index (χ4v) is 3.20. The van der Waals surface area contributed by atoms with Crippen molar-refractivity contribution in [3.8, 4) is 0 Å². The second-order valence-corrected chi connectivity index (χ2v) is 6.27. The molecule has 1 saturated carbocycles. The number of halogens is 1. The van der Waals surface area contributed by atoms with E-state index in [0.717, 1.165) is 25.0 Å². The van der Waals surface area contributed by atoms with Crippen molar-refractivity contribution in [2.45, 2.75) is 49.9 Å². The highest BCUT2D eigenvalue weighted by atomic mass is 35.5. The van der Waals surface area contributed by atoms with E-state index in [0.29, 0.717) is 11.6 Å². The molecule has 0 unspecified atom stereocenters. The summed E-state index contributed by atoms with van der Waals surface area (Å²) >= 11 is 7.32. The van der Waals surface area contributed by atoms with E-state index in [4.69, 9.17) is 11.6 Å². The van der Waals surface area contributed by atoms with Gasteiger partial charge in [-0.15, -0.1) is 0 Å². The quantitative estimate of drug-likeness (QED) is 0.271. The molecule has 116 valence electrons. The molecule has 1 aliphatic rings. The second kappa shape index (κ2) is 7.24. The topological polar surface area (TPSA) is 101 Å². The van der Waals surface area contributed by atoms with Gasteiger partial charge >= 0.3 is 5.69 Å². The van der Waals surface area contributed by atoms with Crippen LogP contribution in [0.1, 0.15) is 32.6 Å². The number of nitrogens with one attached hydrogen (secondary N) is 1. The molecule has 0 saturated heterocycles. The highest BCUT2D eigenvalue weighted by molar-refractivity contribution is 7.99. The van der Waals surface area contributed by atoms with Gasteiger partial charge in [-0.3, -0.25) is 10.1 Å². The van der Waals surface area contributed by atoms with Crippen LogP contribution in [0.25, 0.3) is 0 Å². The predicted molar refractivity (Wildman–Crippen MR) is 82.0 cm³/mol. The third kappa shape index (κ3) is 3.96. The Morgan fingerprint density at radius 1 is 1.52 bits per heavy atom. The third-order valence-corrected chi connectivity index (χ3v) is 4.56. The zero-order valence-corrected chi connectivity index (χ0v) is 13.2. The average Bonchev–Trinajstić information content (AvgIpc) is 2.81. The number of rotatable bonds is 6. The average molecular weight is 333 g/mol. The summed E-state index contributed by atoms with van der Waals surface area (Å²) in [5.74, 6) is 0.893. The highest BCUT2D eigenvalue weighted by Crippen LogP contribution is 2.34. The molecule has 2 atom stereocenters. The van der Waals surface area contributed by atoms with Gasteiger partial charge in [-0.2, -0.15) is 4.98 Å². The van der Waals surface area contributed by atoms with Crippen LogP contribution in [-0.4, -0.2) is 37.9 Å². The standard InChI is InChI=1S/C12H17ClN4O3S/c1-2-6-21-12-15-10(13)9(17(19)20)11(16-12)14-7-4-3-5-8(7)18/h7-8,18H,2-6H2,1H3,(H,14,15,16)/t7-,8-/m0/s1. The molecule has 1 fully saturated rings. The summed E-state index contributed by atoms with van der Waals surface area (Å²) in [7, 11) is 0. The summed E-state index contributed by atoms with van der Waals surface area (Å²) in [5.41, 5.74) is -0.336. The molecule has 0 aliphatic heterocycles. The molecule has 1 aromatic rings. The number of aliphatic hydroxyl groups is 1. The minimum atomic E-state index is -0.597. The Bertz CT molecular complexity index is 531. The smallest absolute Gasteiger partial charge is 0.348 e. The second-order valence-electron chi connectivity index (χ2n) is 4.85. The van der Waals surface area contributed by atoms with E-state index in [1.165, 1.54) is 11.8 Å². The van der Waals surface area contributed by atoms with E-state index < -0.39 is 11.0 Å². The van der Waals surface area contributed by atoms with Crippen LogP contribution >= 0.6 is 23.4 Å². The summed E-state index contributed by atoms with van der Waals surface area (Å²) in [5, 5.41) is 24.2. The van der Waals surface area contributed by atoms with Crippen LogP contribution in [0, 0.1) is 10.1 Å². The lowest BCUT2D eigenvalue weighted by molar-refractivity contribution is -0.384. The molecule has 1 aromatic heterocycles. The Labute approximate surface area is 131 Å². The number of nitrogens with zero attached hydrogens (tertiary/aromatic N) is 3. The molecule has 2 N–H and O–H groups in total. The number of thioether (sulfide) groups is 1. The SMILES string of the molecule is CCCSc1nc(Cl)c([N+](=O)[O-])c(N[C@H]2CCC[C@@H]2O)n1. The van der Waals surface area contributed by atoms with Crippen molar-refractivity contribution in [1.82, 2.24) is 9.97 Å². The first kappa shape index (κ1) is 16.3. The Morgan fingerprint density at radius 3 is 2.86 bits per heavy atom. The highest BCUT2D eigenvalue weighted by Gasteiger charge is 2.30. The lowest BCUT2D eigenvalue weighted by atomic mass is 10.2. The van der Waals surface area contributed by atoms with Crippen molar-refractivity contribution in [3.63, 3.8) is 0 Å². The maximum absolute atomic E-state index is 11.2. The first-order valence-corrected chi connectivity index (χ1v) is 8.18. The molecule has 0 amide bonds. The van der Waals surface area contributed by atoms with Gasteiger partial charge in [0.1, 0.15) is 0 Å². The fourth-order valence-electron chi connectivity index (χ4n) is 2.21. The summed E-state index contributed by atoms with van der Waals surface area (Å²) in [6, 6.07) is -0.237. The number of anilines is 1. The molecule has 1 aliphatic carbocycles. The zero-order valence-electron chi connectivity index (χ0n) is 11.6. The van der Waals surface area contributed by atoms with Crippen molar-refractivity contribution in [3.05, 3.63) is 15.3 Å². The Hall–Kier alpha value is -1.12. The van der Waals surface area contributed by atoms with Crippen LogP contribution in [-0.2, 0) is 0 Å². The first-order valence-electron chi connectivity index (χ1n) is 6.82. The number of nitro groups is 1. The lowest BCUT2D eigenvalue weighted by Gasteiger charge is -2.17. The molecular weight excluding hydrogens is 316 g/mol. The monoisotopic (exact) mass is 332 g/mol. The van der Waals surface area contributed by atoms with Gasteiger partial charge in [0.25, 0.3) is 0 Å².